The van der Waals surface area contributed by atoms with Crippen LogP contribution in [0.25, 0.3) is 0 Å². The highest BCUT2D eigenvalue weighted by Crippen LogP contribution is 2.29. The first-order chi connectivity index (χ1) is 9.08. The molecule has 0 spiro atoms. The average molecular weight is 326 g/mol. The summed E-state index contributed by atoms with van der Waals surface area (Å²) in [6.45, 7) is 2.78. The third-order valence-corrected chi connectivity index (χ3v) is 4.67. The number of rotatable bonds is 3. The molecule has 3 heteroatoms. The zero-order valence-corrected chi connectivity index (χ0v) is 13.5. The summed E-state index contributed by atoms with van der Waals surface area (Å²) in [4.78, 5) is 2.41. The quantitative estimate of drug-likeness (QED) is 0.820. The summed E-state index contributed by atoms with van der Waals surface area (Å²) >= 11 is 3.52. The van der Waals surface area contributed by atoms with Crippen LogP contribution < -0.4 is 0 Å². The zero-order valence-electron chi connectivity index (χ0n) is 12.0. The average Bonchev–Trinajstić information content (AvgIpc) is 2.64. The summed E-state index contributed by atoms with van der Waals surface area (Å²) in [6, 6.07) is 4.67. The van der Waals surface area contributed by atoms with Gasteiger partial charge in [0.25, 0.3) is 0 Å². The Balaban J connectivity index is 2.07. The Hall–Kier alpha value is -0.540. The van der Waals surface area contributed by atoms with Gasteiger partial charge in [0.1, 0.15) is 5.75 Å². The molecule has 1 aromatic rings. The van der Waals surface area contributed by atoms with Gasteiger partial charge in [-0.15, -0.1) is 0 Å². The van der Waals surface area contributed by atoms with Crippen LogP contribution in [0.4, 0.5) is 0 Å². The Morgan fingerprint density at radius 2 is 1.84 bits per heavy atom. The first-order valence-corrected chi connectivity index (χ1v) is 8.05. The molecule has 0 saturated heterocycles. The third kappa shape index (κ3) is 3.96. The second-order valence-corrected chi connectivity index (χ2v) is 6.71. The molecule has 2 rings (SSSR count). The van der Waals surface area contributed by atoms with Crippen molar-refractivity contribution in [2.24, 2.45) is 0 Å². The minimum absolute atomic E-state index is 0.448. The fourth-order valence-electron chi connectivity index (χ4n) is 3.02. The van der Waals surface area contributed by atoms with E-state index in [1.807, 2.05) is 19.1 Å². The van der Waals surface area contributed by atoms with Crippen LogP contribution in [0.15, 0.2) is 16.6 Å². The van der Waals surface area contributed by atoms with Crippen LogP contribution >= 0.6 is 15.9 Å². The highest BCUT2D eigenvalue weighted by atomic mass is 79.9. The van der Waals surface area contributed by atoms with Gasteiger partial charge in [-0.25, -0.2) is 0 Å². The van der Waals surface area contributed by atoms with Gasteiger partial charge < -0.3 is 5.11 Å². The third-order valence-electron chi connectivity index (χ3n) is 4.21. The van der Waals surface area contributed by atoms with E-state index in [0.717, 1.165) is 22.1 Å². The maximum absolute atomic E-state index is 10.2. The first kappa shape index (κ1) is 14.9. The summed E-state index contributed by atoms with van der Waals surface area (Å²) in [5.74, 6) is 0.448. The van der Waals surface area contributed by atoms with Crippen LogP contribution in [-0.2, 0) is 6.54 Å². The highest BCUT2D eigenvalue weighted by molar-refractivity contribution is 9.10. The second kappa shape index (κ2) is 6.76. The van der Waals surface area contributed by atoms with Crippen molar-refractivity contribution in [3.05, 3.63) is 27.7 Å². The SMILES string of the molecule is Cc1cc(Br)cc(CN(C)C2CCCCCC2)c1O. The van der Waals surface area contributed by atoms with Crippen molar-refractivity contribution >= 4 is 15.9 Å². The Kier molecular flexibility index (Phi) is 5.28. The Bertz CT molecular complexity index is 425. The molecule has 1 aliphatic rings. The molecule has 0 bridgehead atoms. The number of aryl methyl sites for hydroxylation is 1. The fourth-order valence-corrected chi connectivity index (χ4v) is 3.64. The van der Waals surface area contributed by atoms with Gasteiger partial charge in [0.05, 0.1) is 0 Å². The summed E-state index contributed by atoms with van der Waals surface area (Å²) in [6.07, 6.45) is 8.04. The van der Waals surface area contributed by atoms with E-state index >= 15 is 0 Å². The van der Waals surface area contributed by atoms with Crippen LogP contribution in [0.5, 0.6) is 5.75 Å². The van der Waals surface area contributed by atoms with Crippen LogP contribution in [0, 0.1) is 6.92 Å². The van der Waals surface area contributed by atoms with E-state index in [2.05, 4.69) is 27.9 Å². The van der Waals surface area contributed by atoms with E-state index in [0.29, 0.717) is 11.8 Å². The monoisotopic (exact) mass is 325 g/mol. The lowest BCUT2D eigenvalue weighted by Gasteiger charge is -2.27. The topological polar surface area (TPSA) is 23.5 Å². The van der Waals surface area contributed by atoms with Gasteiger partial charge in [-0.05, 0) is 44.5 Å². The van der Waals surface area contributed by atoms with Crippen LogP contribution in [0.3, 0.4) is 0 Å². The van der Waals surface area contributed by atoms with Gasteiger partial charge in [0.2, 0.25) is 0 Å². The second-order valence-electron chi connectivity index (χ2n) is 5.79. The smallest absolute Gasteiger partial charge is 0.123 e. The van der Waals surface area contributed by atoms with Crippen molar-refractivity contribution in [2.75, 3.05) is 7.05 Å². The molecule has 0 radical (unpaired) electrons. The van der Waals surface area contributed by atoms with E-state index in [1.54, 1.807) is 0 Å². The molecular weight excluding hydrogens is 302 g/mol. The molecule has 19 heavy (non-hydrogen) atoms. The summed E-state index contributed by atoms with van der Waals surface area (Å²) in [7, 11) is 2.19. The van der Waals surface area contributed by atoms with E-state index in [1.165, 1.54) is 38.5 Å². The number of phenols is 1. The summed E-state index contributed by atoms with van der Waals surface area (Å²) in [5.41, 5.74) is 1.97. The van der Waals surface area contributed by atoms with Crippen molar-refractivity contribution in [3.8, 4) is 5.75 Å². The van der Waals surface area contributed by atoms with Gasteiger partial charge in [0.15, 0.2) is 0 Å². The van der Waals surface area contributed by atoms with E-state index < -0.39 is 0 Å². The van der Waals surface area contributed by atoms with E-state index in [-0.39, 0.29) is 0 Å². The maximum atomic E-state index is 10.2. The molecule has 1 aromatic carbocycles. The molecule has 1 aliphatic carbocycles. The fraction of sp³-hybridized carbons (Fsp3) is 0.625. The molecule has 2 nitrogen and oxygen atoms in total. The predicted octanol–water partition coefficient (Wildman–Crippen LogP) is 4.62. The Morgan fingerprint density at radius 3 is 2.47 bits per heavy atom. The zero-order chi connectivity index (χ0) is 13.8. The molecule has 0 heterocycles. The van der Waals surface area contributed by atoms with Gasteiger partial charge in [-0.1, -0.05) is 41.6 Å². The number of nitrogens with zero attached hydrogens (tertiary/aromatic N) is 1. The molecular formula is C16H24BrNO. The summed E-state index contributed by atoms with van der Waals surface area (Å²) < 4.78 is 1.05. The van der Waals surface area contributed by atoms with E-state index in [4.69, 9.17) is 0 Å². The predicted molar refractivity (Wildman–Crippen MR) is 83.5 cm³/mol. The van der Waals surface area contributed by atoms with E-state index in [9.17, 15) is 5.11 Å². The number of hydrogen-bond donors (Lipinski definition) is 1. The van der Waals surface area contributed by atoms with Crippen LogP contribution in [-0.4, -0.2) is 23.1 Å². The molecule has 1 saturated carbocycles. The lowest BCUT2D eigenvalue weighted by atomic mass is 10.1. The maximum Gasteiger partial charge on any atom is 0.123 e. The van der Waals surface area contributed by atoms with Crippen molar-refractivity contribution < 1.29 is 5.11 Å². The first-order valence-electron chi connectivity index (χ1n) is 7.26. The van der Waals surface area contributed by atoms with Crippen LogP contribution in [0.2, 0.25) is 0 Å². The van der Waals surface area contributed by atoms with Gasteiger partial charge in [-0.3, -0.25) is 4.90 Å². The number of hydrogen-bond acceptors (Lipinski definition) is 2. The number of halogens is 1. The minimum atomic E-state index is 0.448. The van der Waals surface area contributed by atoms with Gasteiger partial charge in [0, 0.05) is 22.6 Å². The van der Waals surface area contributed by atoms with Crippen molar-refractivity contribution in [3.63, 3.8) is 0 Å². The molecule has 0 atom stereocenters. The van der Waals surface area contributed by atoms with Gasteiger partial charge >= 0.3 is 0 Å². The van der Waals surface area contributed by atoms with Crippen molar-refractivity contribution in [1.29, 1.82) is 0 Å². The Labute approximate surface area is 124 Å². The van der Waals surface area contributed by atoms with Crippen LogP contribution in [0.1, 0.15) is 49.7 Å². The number of benzene rings is 1. The summed E-state index contributed by atoms with van der Waals surface area (Å²) in [5, 5.41) is 10.2. The number of phenolic OH excluding ortho intramolecular Hbond substituents is 1. The molecule has 0 aliphatic heterocycles. The largest absolute Gasteiger partial charge is 0.507 e. The normalized spacial score (nSPS) is 17.7. The highest BCUT2D eigenvalue weighted by Gasteiger charge is 2.18. The van der Waals surface area contributed by atoms with Crippen molar-refractivity contribution in [2.45, 2.75) is 58.0 Å². The molecule has 0 amide bonds. The number of aromatic hydroxyl groups is 1. The van der Waals surface area contributed by atoms with Gasteiger partial charge in [-0.2, -0.15) is 0 Å². The lowest BCUT2D eigenvalue weighted by molar-refractivity contribution is 0.211. The molecule has 106 valence electrons. The van der Waals surface area contributed by atoms with Crippen molar-refractivity contribution in [1.82, 2.24) is 4.90 Å². The lowest BCUT2D eigenvalue weighted by Crippen LogP contribution is -2.30. The molecule has 0 unspecified atom stereocenters. The molecule has 0 aromatic heterocycles. The minimum Gasteiger partial charge on any atom is -0.507 e. The standard InChI is InChI=1S/C16H24BrNO/c1-12-9-14(17)10-13(16(12)19)11-18(2)15-7-5-3-4-6-8-15/h9-10,15,19H,3-8,11H2,1-2H3. The molecule has 1 fully saturated rings. The Morgan fingerprint density at radius 1 is 1.21 bits per heavy atom. The molecule has 1 N–H and O–H groups in total.